The molecule has 5 heteroatoms. The van der Waals surface area contributed by atoms with Gasteiger partial charge in [0.1, 0.15) is 6.04 Å². The first kappa shape index (κ1) is 15.5. The molecule has 0 fully saturated rings. The second-order valence-corrected chi connectivity index (χ2v) is 5.54. The van der Waals surface area contributed by atoms with Crippen LogP contribution in [-0.4, -0.2) is 34.0 Å². The molecule has 1 aromatic rings. The number of hydrogen-bond donors (Lipinski definition) is 2. The second-order valence-electron chi connectivity index (χ2n) is 5.54. The SMILES string of the molecule is CCCCC(N)C(=O)N1Cc2ccccc2CC1C(=O)O. The second kappa shape index (κ2) is 6.72. The van der Waals surface area contributed by atoms with Crippen molar-refractivity contribution in [2.24, 2.45) is 5.73 Å². The first-order valence-electron chi connectivity index (χ1n) is 7.40. The third kappa shape index (κ3) is 3.42. The van der Waals surface area contributed by atoms with Crippen LogP contribution in [0.5, 0.6) is 0 Å². The molecule has 0 aromatic heterocycles. The Hall–Kier alpha value is -1.88. The molecule has 0 spiro atoms. The van der Waals surface area contributed by atoms with Crippen LogP contribution in [0, 0.1) is 0 Å². The van der Waals surface area contributed by atoms with Crippen LogP contribution in [0.25, 0.3) is 0 Å². The van der Waals surface area contributed by atoms with Crippen LogP contribution < -0.4 is 5.73 Å². The van der Waals surface area contributed by atoms with Gasteiger partial charge in [0, 0.05) is 13.0 Å². The fraction of sp³-hybridized carbons (Fsp3) is 0.500. The minimum absolute atomic E-state index is 0.259. The van der Waals surface area contributed by atoms with Crippen molar-refractivity contribution < 1.29 is 14.7 Å². The van der Waals surface area contributed by atoms with Gasteiger partial charge in [-0.2, -0.15) is 0 Å². The van der Waals surface area contributed by atoms with Gasteiger partial charge in [0.2, 0.25) is 5.91 Å². The number of carboxylic acid groups (broad SMARTS) is 1. The number of amides is 1. The standard InChI is InChI=1S/C16H22N2O3/c1-2-3-8-13(17)15(19)18-10-12-7-5-4-6-11(12)9-14(18)16(20)21/h4-7,13-14H,2-3,8-10,17H2,1H3,(H,20,21). The minimum Gasteiger partial charge on any atom is -0.480 e. The maximum atomic E-state index is 12.5. The highest BCUT2D eigenvalue weighted by atomic mass is 16.4. The van der Waals surface area contributed by atoms with Crippen LogP contribution in [0.15, 0.2) is 24.3 Å². The van der Waals surface area contributed by atoms with Gasteiger partial charge < -0.3 is 15.7 Å². The lowest BCUT2D eigenvalue weighted by Gasteiger charge is -2.36. The zero-order chi connectivity index (χ0) is 15.4. The average Bonchev–Trinajstić information content (AvgIpc) is 2.50. The quantitative estimate of drug-likeness (QED) is 0.861. The number of fused-ring (bicyclic) bond motifs is 1. The van der Waals surface area contributed by atoms with Crippen molar-refractivity contribution in [2.45, 2.75) is 51.2 Å². The summed E-state index contributed by atoms with van der Waals surface area (Å²) in [7, 11) is 0. The summed E-state index contributed by atoms with van der Waals surface area (Å²) in [4.78, 5) is 25.4. The largest absolute Gasteiger partial charge is 0.480 e. The van der Waals surface area contributed by atoms with Gasteiger partial charge in [-0.3, -0.25) is 4.79 Å². The van der Waals surface area contributed by atoms with Crippen molar-refractivity contribution >= 4 is 11.9 Å². The van der Waals surface area contributed by atoms with Gasteiger partial charge in [-0.15, -0.1) is 0 Å². The molecule has 1 heterocycles. The highest BCUT2D eigenvalue weighted by molar-refractivity contribution is 5.87. The molecule has 3 N–H and O–H groups in total. The first-order chi connectivity index (χ1) is 10.0. The van der Waals surface area contributed by atoms with E-state index in [2.05, 4.69) is 0 Å². The molecule has 0 radical (unpaired) electrons. The molecule has 21 heavy (non-hydrogen) atoms. The number of carbonyl (C=O) groups excluding carboxylic acids is 1. The molecule has 5 nitrogen and oxygen atoms in total. The lowest BCUT2D eigenvalue weighted by Crippen LogP contribution is -2.53. The van der Waals surface area contributed by atoms with Crippen molar-refractivity contribution in [1.29, 1.82) is 0 Å². The Morgan fingerprint density at radius 2 is 2.05 bits per heavy atom. The van der Waals surface area contributed by atoms with Gasteiger partial charge >= 0.3 is 5.97 Å². The number of hydrogen-bond acceptors (Lipinski definition) is 3. The molecular weight excluding hydrogens is 268 g/mol. The Morgan fingerprint density at radius 1 is 1.38 bits per heavy atom. The van der Waals surface area contributed by atoms with E-state index in [1.165, 1.54) is 4.90 Å². The summed E-state index contributed by atoms with van der Waals surface area (Å²) in [5, 5.41) is 9.41. The number of benzene rings is 1. The number of aliphatic carboxylic acids is 1. The van der Waals surface area contributed by atoms with Crippen molar-refractivity contribution in [2.75, 3.05) is 0 Å². The fourth-order valence-corrected chi connectivity index (χ4v) is 2.74. The number of unbranched alkanes of at least 4 members (excludes halogenated alkanes) is 1. The van der Waals surface area contributed by atoms with E-state index >= 15 is 0 Å². The molecule has 1 aromatic carbocycles. The Kier molecular flexibility index (Phi) is 4.96. The van der Waals surface area contributed by atoms with E-state index in [4.69, 9.17) is 5.73 Å². The Morgan fingerprint density at radius 3 is 2.67 bits per heavy atom. The monoisotopic (exact) mass is 290 g/mol. The Labute approximate surface area is 124 Å². The van der Waals surface area contributed by atoms with E-state index in [1.54, 1.807) is 0 Å². The maximum absolute atomic E-state index is 12.5. The normalized spacial score (nSPS) is 19.0. The van der Waals surface area contributed by atoms with Gasteiger partial charge in [0.25, 0.3) is 0 Å². The van der Waals surface area contributed by atoms with Crippen LogP contribution in [0.3, 0.4) is 0 Å². The maximum Gasteiger partial charge on any atom is 0.326 e. The Bertz CT molecular complexity index is 530. The van der Waals surface area contributed by atoms with E-state index in [0.717, 1.165) is 24.0 Å². The summed E-state index contributed by atoms with van der Waals surface area (Å²) >= 11 is 0. The highest BCUT2D eigenvalue weighted by Crippen LogP contribution is 2.24. The number of nitrogens with zero attached hydrogens (tertiary/aromatic N) is 1. The van der Waals surface area contributed by atoms with E-state index < -0.39 is 18.1 Å². The molecule has 2 atom stereocenters. The molecule has 0 aliphatic carbocycles. The zero-order valence-corrected chi connectivity index (χ0v) is 12.3. The molecule has 114 valence electrons. The van der Waals surface area contributed by atoms with Gasteiger partial charge in [0.15, 0.2) is 0 Å². The van der Waals surface area contributed by atoms with Gasteiger partial charge in [-0.1, -0.05) is 44.0 Å². The zero-order valence-electron chi connectivity index (χ0n) is 12.3. The summed E-state index contributed by atoms with van der Waals surface area (Å²) in [5.41, 5.74) is 7.93. The molecule has 2 rings (SSSR count). The van der Waals surface area contributed by atoms with E-state index in [1.807, 2.05) is 31.2 Å². The third-order valence-electron chi connectivity index (χ3n) is 4.00. The molecule has 1 aliphatic rings. The molecule has 1 aliphatic heterocycles. The van der Waals surface area contributed by atoms with Gasteiger partial charge in [0.05, 0.1) is 6.04 Å². The molecule has 1 amide bonds. The van der Waals surface area contributed by atoms with Crippen molar-refractivity contribution in [3.63, 3.8) is 0 Å². The predicted octanol–water partition coefficient (Wildman–Crippen LogP) is 1.54. The van der Waals surface area contributed by atoms with Crippen LogP contribution in [-0.2, 0) is 22.6 Å². The lowest BCUT2D eigenvalue weighted by atomic mass is 9.93. The van der Waals surface area contributed by atoms with Crippen LogP contribution in [0.2, 0.25) is 0 Å². The smallest absolute Gasteiger partial charge is 0.326 e. The van der Waals surface area contributed by atoms with Crippen LogP contribution in [0.1, 0.15) is 37.3 Å². The summed E-state index contributed by atoms with van der Waals surface area (Å²) < 4.78 is 0. The van der Waals surface area contributed by atoms with E-state index in [0.29, 0.717) is 19.4 Å². The van der Waals surface area contributed by atoms with Crippen molar-refractivity contribution in [3.8, 4) is 0 Å². The minimum atomic E-state index is -0.972. The van der Waals surface area contributed by atoms with Gasteiger partial charge in [-0.05, 0) is 17.5 Å². The molecule has 0 saturated heterocycles. The fourth-order valence-electron chi connectivity index (χ4n) is 2.74. The molecule has 0 saturated carbocycles. The average molecular weight is 290 g/mol. The topological polar surface area (TPSA) is 83.6 Å². The number of carbonyl (C=O) groups is 2. The summed E-state index contributed by atoms with van der Waals surface area (Å²) in [6.07, 6.45) is 2.78. The number of carboxylic acids is 1. The predicted molar refractivity (Wildman–Crippen MR) is 79.6 cm³/mol. The van der Waals surface area contributed by atoms with Crippen LogP contribution >= 0.6 is 0 Å². The Balaban J connectivity index is 2.20. The van der Waals surface area contributed by atoms with Crippen molar-refractivity contribution in [3.05, 3.63) is 35.4 Å². The summed E-state index contributed by atoms with van der Waals surface area (Å²) in [6.45, 7) is 2.36. The molecular formula is C16H22N2O3. The molecule has 2 unspecified atom stereocenters. The summed E-state index contributed by atoms with van der Waals surface area (Å²) in [6, 6.07) is 6.22. The van der Waals surface area contributed by atoms with E-state index in [-0.39, 0.29) is 5.91 Å². The third-order valence-corrected chi connectivity index (χ3v) is 4.00. The lowest BCUT2D eigenvalue weighted by molar-refractivity contribution is -0.152. The molecule has 0 bridgehead atoms. The number of nitrogens with two attached hydrogens (primary N) is 1. The highest BCUT2D eigenvalue weighted by Gasteiger charge is 2.36. The summed E-state index contributed by atoms with van der Waals surface area (Å²) in [5.74, 6) is -1.23. The van der Waals surface area contributed by atoms with E-state index in [9.17, 15) is 14.7 Å². The van der Waals surface area contributed by atoms with Crippen LogP contribution in [0.4, 0.5) is 0 Å². The van der Waals surface area contributed by atoms with Crippen molar-refractivity contribution in [1.82, 2.24) is 4.90 Å². The van der Waals surface area contributed by atoms with Gasteiger partial charge in [-0.25, -0.2) is 4.79 Å². The number of rotatable bonds is 5. The first-order valence-corrected chi connectivity index (χ1v) is 7.40.